The number of halogens is 2. The van der Waals surface area contributed by atoms with Crippen LogP contribution >= 0.6 is 11.6 Å². The number of benzene rings is 1. The van der Waals surface area contributed by atoms with E-state index in [-0.39, 0.29) is 16.5 Å². The van der Waals surface area contributed by atoms with E-state index in [1.165, 1.54) is 12.1 Å². The van der Waals surface area contributed by atoms with Gasteiger partial charge in [-0.15, -0.1) is 0 Å². The van der Waals surface area contributed by atoms with E-state index >= 15 is 0 Å². The largest absolute Gasteiger partial charge is 0.320 e. The Labute approximate surface area is 105 Å². The molecule has 0 aliphatic carbocycles. The Kier molecular flexibility index (Phi) is 5.17. The molecule has 0 saturated carbocycles. The van der Waals surface area contributed by atoms with E-state index in [0.717, 1.165) is 6.07 Å². The monoisotopic (exact) mass is 280 g/mol. The fourth-order valence-corrected chi connectivity index (χ4v) is 2.52. The van der Waals surface area contributed by atoms with E-state index in [9.17, 15) is 12.8 Å². The highest BCUT2D eigenvalue weighted by atomic mass is 35.5. The first kappa shape index (κ1) is 14.2. The van der Waals surface area contributed by atoms with Crippen molar-refractivity contribution in [2.45, 2.75) is 6.42 Å². The Morgan fingerprint density at radius 3 is 2.71 bits per heavy atom. The predicted molar refractivity (Wildman–Crippen MR) is 67.4 cm³/mol. The molecular formula is C10H14ClFN2O2S. The molecule has 96 valence electrons. The van der Waals surface area contributed by atoms with Gasteiger partial charge in [-0.1, -0.05) is 11.6 Å². The van der Waals surface area contributed by atoms with E-state index in [4.69, 9.17) is 11.6 Å². The Morgan fingerprint density at radius 1 is 1.41 bits per heavy atom. The second-order valence-electron chi connectivity index (χ2n) is 3.50. The Hall–Kier alpha value is -0.850. The van der Waals surface area contributed by atoms with E-state index in [1.54, 1.807) is 7.05 Å². The summed E-state index contributed by atoms with van der Waals surface area (Å²) in [5.74, 6) is -0.745. The van der Waals surface area contributed by atoms with Gasteiger partial charge in [-0.2, -0.15) is 0 Å². The molecule has 0 amide bonds. The maximum absolute atomic E-state index is 13.3. The summed E-state index contributed by atoms with van der Waals surface area (Å²) < 4.78 is 38.7. The summed E-state index contributed by atoms with van der Waals surface area (Å²) >= 11 is 5.57. The third kappa shape index (κ3) is 4.89. The summed E-state index contributed by atoms with van der Waals surface area (Å²) in [5, 5.41) is 3.06. The highest BCUT2D eigenvalue weighted by Gasteiger charge is 2.12. The number of nitrogens with one attached hydrogen (secondary N) is 2. The normalized spacial score (nSPS) is 11.5. The minimum Gasteiger partial charge on any atom is -0.320 e. The van der Waals surface area contributed by atoms with Crippen molar-refractivity contribution in [1.29, 1.82) is 0 Å². The average Bonchev–Trinajstić information content (AvgIpc) is 2.22. The second kappa shape index (κ2) is 6.18. The quantitative estimate of drug-likeness (QED) is 0.782. The molecule has 0 aromatic heterocycles. The predicted octanol–water partition coefficient (Wildman–Crippen LogP) is 1.83. The third-order valence-corrected chi connectivity index (χ3v) is 3.63. The van der Waals surface area contributed by atoms with Gasteiger partial charge in [0, 0.05) is 5.02 Å². The van der Waals surface area contributed by atoms with E-state index in [0.29, 0.717) is 13.0 Å². The van der Waals surface area contributed by atoms with Crippen molar-refractivity contribution in [2.75, 3.05) is 24.1 Å². The van der Waals surface area contributed by atoms with Gasteiger partial charge in [-0.25, -0.2) is 12.8 Å². The highest BCUT2D eigenvalue weighted by molar-refractivity contribution is 7.92. The molecule has 0 aliphatic heterocycles. The molecule has 7 heteroatoms. The van der Waals surface area contributed by atoms with Gasteiger partial charge in [0.25, 0.3) is 0 Å². The highest BCUT2D eigenvalue weighted by Crippen LogP contribution is 2.19. The smallest absolute Gasteiger partial charge is 0.232 e. The number of anilines is 1. The lowest BCUT2D eigenvalue weighted by Crippen LogP contribution is -2.20. The van der Waals surface area contributed by atoms with Crippen LogP contribution in [0.3, 0.4) is 0 Å². The molecule has 0 unspecified atom stereocenters. The molecule has 0 saturated heterocycles. The maximum Gasteiger partial charge on any atom is 0.232 e. The van der Waals surface area contributed by atoms with Crippen molar-refractivity contribution in [3.8, 4) is 0 Å². The minimum atomic E-state index is -3.52. The molecule has 2 N–H and O–H groups in total. The summed E-state index contributed by atoms with van der Waals surface area (Å²) in [4.78, 5) is 0. The van der Waals surface area contributed by atoms with Crippen molar-refractivity contribution in [1.82, 2.24) is 5.32 Å². The van der Waals surface area contributed by atoms with Gasteiger partial charge in [-0.05, 0) is 38.2 Å². The van der Waals surface area contributed by atoms with Gasteiger partial charge in [0.1, 0.15) is 5.82 Å². The van der Waals surface area contributed by atoms with Crippen molar-refractivity contribution in [2.24, 2.45) is 0 Å². The molecule has 0 atom stereocenters. The summed E-state index contributed by atoms with van der Waals surface area (Å²) in [6.07, 6.45) is 0.459. The molecule has 0 aliphatic rings. The first-order valence-electron chi connectivity index (χ1n) is 5.05. The summed E-state index contributed by atoms with van der Waals surface area (Å²) in [5.41, 5.74) is -0.0844. The topological polar surface area (TPSA) is 58.2 Å². The number of hydrogen-bond acceptors (Lipinski definition) is 3. The molecule has 0 spiro atoms. The van der Waals surface area contributed by atoms with Crippen LogP contribution < -0.4 is 10.0 Å². The standard InChI is InChI=1S/C10H14ClFN2O2S/c1-13-5-2-6-17(15,16)14-10-4-3-8(11)7-9(10)12/h3-4,7,13-14H,2,5-6H2,1H3. The van der Waals surface area contributed by atoms with E-state index in [2.05, 4.69) is 10.0 Å². The molecule has 0 radical (unpaired) electrons. The minimum absolute atomic E-state index is 0.0596. The first-order valence-corrected chi connectivity index (χ1v) is 7.08. The number of hydrogen-bond donors (Lipinski definition) is 2. The number of sulfonamides is 1. The maximum atomic E-state index is 13.3. The van der Waals surface area contributed by atoms with Crippen LogP contribution in [0.2, 0.25) is 5.02 Å². The first-order chi connectivity index (χ1) is 7.94. The Balaban J connectivity index is 2.69. The lowest BCUT2D eigenvalue weighted by molar-refractivity contribution is 0.594. The molecular weight excluding hydrogens is 267 g/mol. The zero-order valence-corrected chi connectivity index (χ0v) is 10.9. The van der Waals surface area contributed by atoms with Crippen LogP contribution in [0.25, 0.3) is 0 Å². The molecule has 1 aromatic rings. The lowest BCUT2D eigenvalue weighted by Gasteiger charge is -2.08. The van der Waals surface area contributed by atoms with Crippen LogP contribution in [0.1, 0.15) is 6.42 Å². The van der Waals surface area contributed by atoms with Crippen molar-refractivity contribution < 1.29 is 12.8 Å². The van der Waals surface area contributed by atoms with Gasteiger partial charge in [0.05, 0.1) is 11.4 Å². The van der Waals surface area contributed by atoms with Crippen LogP contribution in [0.4, 0.5) is 10.1 Å². The fraction of sp³-hybridized carbons (Fsp3) is 0.400. The molecule has 0 bridgehead atoms. The summed E-state index contributed by atoms with van der Waals surface area (Å²) in [6.45, 7) is 0.587. The Bertz CT molecular complexity index is 479. The van der Waals surface area contributed by atoms with Crippen molar-refractivity contribution in [3.63, 3.8) is 0 Å². The van der Waals surface area contributed by atoms with Gasteiger partial charge < -0.3 is 5.32 Å². The molecule has 17 heavy (non-hydrogen) atoms. The molecule has 4 nitrogen and oxygen atoms in total. The van der Waals surface area contributed by atoms with Gasteiger partial charge in [0.15, 0.2) is 0 Å². The molecule has 1 aromatic carbocycles. The van der Waals surface area contributed by atoms with Gasteiger partial charge in [0.2, 0.25) is 10.0 Å². The van der Waals surface area contributed by atoms with Crippen molar-refractivity contribution >= 4 is 27.3 Å². The average molecular weight is 281 g/mol. The van der Waals surface area contributed by atoms with Crippen LogP contribution in [-0.2, 0) is 10.0 Å². The van der Waals surface area contributed by atoms with Crippen LogP contribution in [0.5, 0.6) is 0 Å². The summed E-state index contributed by atoms with van der Waals surface area (Å²) in [6, 6.07) is 3.79. The third-order valence-electron chi connectivity index (χ3n) is 2.04. The van der Waals surface area contributed by atoms with E-state index < -0.39 is 15.8 Å². The van der Waals surface area contributed by atoms with Gasteiger partial charge in [-0.3, -0.25) is 4.72 Å². The zero-order valence-electron chi connectivity index (χ0n) is 9.33. The summed E-state index contributed by atoms with van der Waals surface area (Å²) in [7, 11) is -1.78. The van der Waals surface area contributed by atoms with E-state index in [1.807, 2.05) is 0 Å². The molecule has 0 heterocycles. The Morgan fingerprint density at radius 2 is 2.12 bits per heavy atom. The van der Waals surface area contributed by atoms with Gasteiger partial charge >= 0.3 is 0 Å². The second-order valence-corrected chi connectivity index (χ2v) is 5.78. The zero-order chi connectivity index (χ0) is 12.9. The number of rotatable bonds is 6. The molecule has 1 rings (SSSR count). The fourth-order valence-electron chi connectivity index (χ4n) is 1.23. The van der Waals surface area contributed by atoms with Crippen molar-refractivity contribution in [3.05, 3.63) is 29.0 Å². The van der Waals surface area contributed by atoms with Crippen LogP contribution in [-0.4, -0.2) is 27.8 Å². The molecule has 0 fully saturated rings. The lowest BCUT2D eigenvalue weighted by atomic mass is 10.3. The van der Waals surface area contributed by atoms with Crippen LogP contribution in [0, 0.1) is 5.82 Å². The van der Waals surface area contributed by atoms with Crippen LogP contribution in [0.15, 0.2) is 18.2 Å². The SMILES string of the molecule is CNCCCS(=O)(=O)Nc1ccc(Cl)cc1F.